The second-order valence-corrected chi connectivity index (χ2v) is 3.72. The third-order valence-corrected chi connectivity index (χ3v) is 2.59. The molecule has 0 aromatic carbocycles. The molecule has 0 spiro atoms. The molecular formula is C11H19N3. The first-order chi connectivity index (χ1) is 6.60. The van der Waals surface area contributed by atoms with Gasteiger partial charge >= 0.3 is 0 Å². The summed E-state index contributed by atoms with van der Waals surface area (Å²) in [5, 5.41) is 0. The molecule has 0 saturated heterocycles. The van der Waals surface area contributed by atoms with Crippen LogP contribution in [-0.2, 0) is 6.42 Å². The zero-order chi connectivity index (χ0) is 10.7. The maximum Gasteiger partial charge on any atom is 0.132 e. The van der Waals surface area contributed by atoms with Crippen LogP contribution in [-0.4, -0.2) is 16.5 Å². The fourth-order valence-corrected chi connectivity index (χ4v) is 1.60. The Labute approximate surface area is 85.8 Å². The van der Waals surface area contributed by atoms with Crippen LogP contribution in [0.4, 0.5) is 0 Å². The molecule has 0 aliphatic carbocycles. The Hall–Kier alpha value is -0.960. The lowest BCUT2D eigenvalue weighted by molar-refractivity contribution is 0.696. The molecule has 0 radical (unpaired) electrons. The summed E-state index contributed by atoms with van der Waals surface area (Å²) in [5.41, 5.74) is 9.04. The molecule has 1 aromatic heterocycles. The number of aromatic nitrogens is 2. The quantitative estimate of drug-likeness (QED) is 0.795. The SMILES string of the molecule is CCc1c(C)nc(C(C)CN)nc1C. The summed E-state index contributed by atoms with van der Waals surface area (Å²) >= 11 is 0. The molecule has 0 fully saturated rings. The van der Waals surface area contributed by atoms with Crippen LogP contribution in [0.1, 0.15) is 42.5 Å². The number of nitrogens with two attached hydrogens (primary N) is 1. The molecule has 3 nitrogen and oxygen atoms in total. The third-order valence-electron chi connectivity index (χ3n) is 2.59. The van der Waals surface area contributed by atoms with Gasteiger partial charge in [-0.3, -0.25) is 0 Å². The molecule has 0 aliphatic heterocycles. The van der Waals surface area contributed by atoms with Gasteiger partial charge in [-0.2, -0.15) is 0 Å². The van der Waals surface area contributed by atoms with E-state index < -0.39 is 0 Å². The van der Waals surface area contributed by atoms with Gasteiger partial charge in [-0.25, -0.2) is 9.97 Å². The van der Waals surface area contributed by atoms with E-state index in [0.29, 0.717) is 6.54 Å². The summed E-state index contributed by atoms with van der Waals surface area (Å²) in [6, 6.07) is 0. The summed E-state index contributed by atoms with van der Waals surface area (Å²) in [4.78, 5) is 8.97. The van der Waals surface area contributed by atoms with Crippen molar-refractivity contribution in [3.63, 3.8) is 0 Å². The first-order valence-electron chi connectivity index (χ1n) is 5.14. The van der Waals surface area contributed by atoms with Crippen molar-refractivity contribution in [3.05, 3.63) is 22.8 Å². The van der Waals surface area contributed by atoms with Gasteiger partial charge in [-0.15, -0.1) is 0 Å². The molecule has 1 aromatic rings. The topological polar surface area (TPSA) is 51.8 Å². The minimum atomic E-state index is 0.248. The summed E-state index contributed by atoms with van der Waals surface area (Å²) in [6.45, 7) is 8.87. The molecule has 1 atom stereocenters. The lowest BCUT2D eigenvalue weighted by atomic mass is 10.1. The van der Waals surface area contributed by atoms with E-state index in [2.05, 4.69) is 23.8 Å². The van der Waals surface area contributed by atoms with Gasteiger partial charge in [0.1, 0.15) is 5.82 Å². The van der Waals surface area contributed by atoms with E-state index in [0.717, 1.165) is 23.6 Å². The fraction of sp³-hybridized carbons (Fsp3) is 0.636. The molecule has 0 amide bonds. The first kappa shape index (κ1) is 11.1. The zero-order valence-corrected chi connectivity index (χ0v) is 9.46. The maximum absolute atomic E-state index is 5.59. The van der Waals surface area contributed by atoms with Gasteiger partial charge in [-0.1, -0.05) is 13.8 Å². The Morgan fingerprint density at radius 3 is 2.07 bits per heavy atom. The van der Waals surface area contributed by atoms with Crippen molar-refractivity contribution in [3.8, 4) is 0 Å². The van der Waals surface area contributed by atoms with Gasteiger partial charge in [-0.05, 0) is 25.8 Å². The van der Waals surface area contributed by atoms with Crippen LogP contribution in [0.5, 0.6) is 0 Å². The molecule has 1 rings (SSSR count). The van der Waals surface area contributed by atoms with Crippen LogP contribution in [0, 0.1) is 13.8 Å². The third kappa shape index (κ3) is 2.10. The first-order valence-corrected chi connectivity index (χ1v) is 5.14. The highest BCUT2D eigenvalue weighted by atomic mass is 14.9. The van der Waals surface area contributed by atoms with E-state index in [1.54, 1.807) is 0 Å². The average Bonchev–Trinajstić information content (AvgIpc) is 2.16. The molecule has 1 unspecified atom stereocenters. The second kappa shape index (κ2) is 4.51. The van der Waals surface area contributed by atoms with E-state index in [1.165, 1.54) is 5.56 Å². The van der Waals surface area contributed by atoms with E-state index in [4.69, 9.17) is 5.73 Å². The number of hydrogen-bond donors (Lipinski definition) is 1. The zero-order valence-electron chi connectivity index (χ0n) is 9.46. The van der Waals surface area contributed by atoms with E-state index >= 15 is 0 Å². The Kier molecular flexibility index (Phi) is 3.58. The monoisotopic (exact) mass is 193 g/mol. The highest BCUT2D eigenvalue weighted by Crippen LogP contribution is 2.15. The van der Waals surface area contributed by atoms with Gasteiger partial charge in [0.05, 0.1) is 0 Å². The van der Waals surface area contributed by atoms with Gasteiger partial charge in [0, 0.05) is 23.9 Å². The number of rotatable bonds is 3. The molecule has 0 saturated carbocycles. The Morgan fingerprint density at radius 2 is 1.71 bits per heavy atom. The molecule has 1 heterocycles. The number of aryl methyl sites for hydroxylation is 2. The van der Waals surface area contributed by atoms with Crippen LogP contribution >= 0.6 is 0 Å². The molecule has 2 N–H and O–H groups in total. The van der Waals surface area contributed by atoms with Crippen LogP contribution in [0.25, 0.3) is 0 Å². The van der Waals surface area contributed by atoms with E-state index in [-0.39, 0.29) is 5.92 Å². The van der Waals surface area contributed by atoms with Crippen LogP contribution in [0.3, 0.4) is 0 Å². The van der Waals surface area contributed by atoms with Crippen molar-refractivity contribution in [2.45, 2.75) is 40.0 Å². The largest absolute Gasteiger partial charge is 0.330 e. The molecule has 3 heteroatoms. The van der Waals surface area contributed by atoms with Crippen molar-refractivity contribution in [2.75, 3.05) is 6.54 Å². The van der Waals surface area contributed by atoms with Crippen molar-refractivity contribution in [1.82, 2.24) is 9.97 Å². The number of hydrogen-bond acceptors (Lipinski definition) is 3. The predicted molar refractivity (Wildman–Crippen MR) is 58.4 cm³/mol. The fourth-order valence-electron chi connectivity index (χ4n) is 1.60. The number of nitrogens with zero attached hydrogens (tertiary/aromatic N) is 2. The van der Waals surface area contributed by atoms with E-state index in [9.17, 15) is 0 Å². The van der Waals surface area contributed by atoms with Crippen molar-refractivity contribution in [2.24, 2.45) is 5.73 Å². The van der Waals surface area contributed by atoms with Crippen LogP contribution < -0.4 is 5.73 Å². The summed E-state index contributed by atoms with van der Waals surface area (Å²) in [6.07, 6.45) is 0.995. The lowest BCUT2D eigenvalue weighted by Crippen LogP contribution is -2.14. The van der Waals surface area contributed by atoms with Crippen molar-refractivity contribution in [1.29, 1.82) is 0 Å². The standard InChI is InChI=1S/C11H19N3/c1-5-10-8(3)13-11(7(2)6-12)14-9(10)4/h7H,5-6,12H2,1-4H3. The van der Waals surface area contributed by atoms with Gasteiger partial charge in [0.2, 0.25) is 0 Å². The van der Waals surface area contributed by atoms with Gasteiger partial charge in [0.15, 0.2) is 0 Å². The average molecular weight is 193 g/mol. The molecule has 0 bridgehead atoms. The Morgan fingerprint density at radius 1 is 1.21 bits per heavy atom. The molecule has 0 aliphatic rings. The normalized spacial score (nSPS) is 12.9. The van der Waals surface area contributed by atoms with E-state index in [1.807, 2.05) is 13.8 Å². The summed E-state index contributed by atoms with van der Waals surface area (Å²) in [5.74, 6) is 1.12. The van der Waals surface area contributed by atoms with Gasteiger partial charge in [0.25, 0.3) is 0 Å². The highest BCUT2D eigenvalue weighted by molar-refractivity contribution is 5.24. The highest BCUT2D eigenvalue weighted by Gasteiger charge is 2.11. The molecular weight excluding hydrogens is 174 g/mol. The Balaban J connectivity index is 3.13. The van der Waals surface area contributed by atoms with Crippen molar-refractivity contribution >= 4 is 0 Å². The van der Waals surface area contributed by atoms with Crippen LogP contribution in [0.15, 0.2) is 0 Å². The lowest BCUT2D eigenvalue weighted by Gasteiger charge is -2.12. The minimum absolute atomic E-state index is 0.248. The Bertz CT molecular complexity index is 297. The predicted octanol–water partition coefficient (Wildman–Crippen LogP) is 1.72. The van der Waals surface area contributed by atoms with Gasteiger partial charge < -0.3 is 5.73 Å². The van der Waals surface area contributed by atoms with Crippen molar-refractivity contribution < 1.29 is 0 Å². The summed E-state index contributed by atoms with van der Waals surface area (Å²) < 4.78 is 0. The second-order valence-electron chi connectivity index (χ2n) is 3.72. The summed E-state index contributed by atoms with van der Waals surface area (Å²) in [7, 11) is 0. The maximum atomic E-state index is 5.59. The smallest absolute Gasteiger partial charge is 0.132 e. The van der Waals surface area contributed by atoms with Crippen LogP contribution in [0.2, 0.25) is 0 Å². The minimum Gasteiger partial charge on any atom is -0.330 e. The molecule has 14 heavy (non-hydrogen) atoms. The molecule has 78 valence electrons.